The fourth-order valence-corrected chi connectivity index (χ4v) is 3.46. The second-order valence-corrected chi connectivity index (χ2v) is 7.47. The Morgan fingerprint density at radius 1 is 1.14 bits per heavy atom. The van der Waals surface area contributed by atoms with Gasteiger partial charge in [0.25, 0.3) is 0 Å². The van der Waals surface area contributed by atoms with Crippen LogP contribution in [0.3, 0.4) is 0 Å². The lowest BCUT2D eigenvalue weighted by molar-refractivity contribution is 0.0309. The number of rotatable bonds is 6. The normalized spacial score (nSPS) is 12.1. The molecule has 0 atom stereocenters. The van der Waals surface area contributed by atoms with Crippen molar-refractivity contribution in [1.82, 2.24) is 9.88 Å². The Balaban J connectivity index is 2.14. The summed E-state index contributed by atoms with van der Waals surface area (Å²) in [6.45, 7) is 10.1. The summed E-state index contributed by atoms with van der Waals surface area (Å²) in [6.07, 6.45) is 0. The summed E-state index contributed by atoms with van der Waals surface area (Å²) < 4.78 is 0. The third kappa shape index (κ3) is 5.23. The number of aromatic nitrogens is 1. The molecule has 0 radical (unpaired) electrons. The third-order valence-electron chi connectivity index (χ3n) is 3.23. The van der Waals surface area contributed by atoms with E-state index in [2.05, 4.69) is 41.1 Å². The molecule has 1 heterocycles. The second-order valence-electron chi connectivity index (χ2n) is 6.18. The van der Waals surface area contributed by atoms with Crippen LogP contribution in [0.25, 0.3) is 0 Å². The minimum Gasteiger partial charge on any atom is -0.389 e. The van der Waals surface area contributed by atoms with Gasteiger partial charge in [0, 0.05) is 24.5 Å². The number of hydrogen-bond donors (Lipinski definition) is 1. The molecule has 4 heteroatoms. The van der Waals surface area contributed by atoms with Crippen LogP contribution in [-0.2, 0) is 13.1 Å². The molecule has 0 fully saturated rings. The number of benzene rings is 1. The Labute approximate surface area is 131 Å². The van der Waals surface area contributed by atoms with Gasteiger partial charge in [0.1, 0.15) is 0 Å². The lowest BCUT2D eigenvalue weighted by Gasteiger charge is -2.28. The zero-order valence-corrected chi connectivity index (χ0v) is 14.1. The van der Waals surface area contributed by atoms with Gasteiger partial charge >= 0.3 is 0 Å². The summed E-state index contributed by atoms with van der Waals surface area (Å²) in [7, 11) is 0. The molecule has 114 valence electrons. The maximum absolute atomic E-state index is 10.2. The molecule has 0 aliphatic heterocycles. The summed E-state index contributed by atoms with van der Waals surface area (Å²) in [4.78, 5) is 8.07. The second kappa shape index (κ2) is 6.69. The SMILES string of the molecule is Cc1nc(C)c(CN(Cc2ccccc2)CC(C)(C)O)s1. The van der Waals surface area contributed by atoms with E-state index in [0.29, 0.717) is 6.54 Å². The fraction of sp³-hybridized carbons (Fsp3) is 0.471. The zero-order chi connectivity index (χ0) is 15.5. The van der Waals surface area contributed by atoms with Crippen LogP contribution in [0.2, 0.25) is 0 Å². The number of hydrogen-bond acceptors (Lipinski definition) is 4. The highest BCUT2D eigenvalue weighted by Crippen LogP contribution is 2.21. The van der Waals surface area contributed by atoms with Crippen molar-refractivity contribution in [1.29, 1.82) is 0 Å². The standard InChI is InChI=1S/C17H24N2OS/c1-13-16(21-14(2)18-13)11-19(12-17(3,4)20)10-15-8-6-5-7-9-15/h5-9,20H,10-12H2,1-4H3. The Kier molecular flexibility index (Phi) is 5.14. The highest BCUT2D eigenvalue weighted by molar-refractivity contribution is 7.11. The number of nitrogens with zero attached hydrogens (tertiary/aromatic N) is 2. The van der Waals surface area contributed by atoms with Gasteiger partial charge in [-0.2, -0.15) is 0 Å². The molecular weight excluding hydrogens is 280 g/mol. The molecular formula is C17H24N2OS. The summed E-state index contributed by atoms with van der Waals surface area (Å²) >= 11 is 1.74. The molecule has 0 aliphatic carbocycles. The van der Waals surface area contributed by atoms with E-state index in [9.17, 15) is 5.11 Å². The van der Waals surface area contributed by atoms with Gasteiger partial charge in [-0.1, -0.05) is 30.3 Å². The molecule has 1 aromatic heterocycles. The van der Waals surface area contributed by atoms with Crippen molar-refractivity contribution >= 4 is 11.3 Å². The van der Waals surface area contributed by atoms with Crippen molar-refractivity contribution in [2.75, 3.05) is 6.54 Å². The summed E-state index contributed by atoms with van der Waals surface area (Å²) in [5.74, 6) is 0. The van der Waals surface area contributed by atoms with Crippen molar-refractivity contribution in [2.24, 2.45) is 0 Å². The summed E-state index contributed by atoms with van der Waals surface area (Å²) in [5.41, 5.74) is 1.66. The van der Waals surface area contributed by atoms with Crippen LogP contribution in [0.1, 0.15) is 35.0 Å². The predicted molar refractivity (Wildman–Crippen MR) is 88.4 cm³/mol. The topological polar surface area (TPSA) is 36.4 Å². The van der Waals surface area contributed by atoms with Gasteiger partial charge in [-0.05, 0) is 33.3 Å². The average molecular weight is 304 g/mol. The maximum atomic E-state index is 10.2. The molecule has 21 heavy (non-hydrogen) atoms. The molecule has 0 saturated carbocycles. The van der Waals surface area contributed by atoms with Gasteiger partial charge in [0.05, 0.1) is 16.3 Å². The van der Waals surface area contributed by atoms with Crippen LogP contribution in [0, 0.1) is 13.8 Å². The van der Waals surface area contributed by atoms with Gasteiger partial charge in [-0.15, -0.1) is 11.3 Å². The lowest BCUT2D eigenvalue weighted by atomic mass is 10.1. The first kappa shape index (κ1) is 16.1. The van der Waals surface area contributed by atoms with Crippen molar-refractivity contribution in [3.05, 3.63) is 51.5 Å². The van der Waals surface area contributed by atoms with Crippen LogP contribution >= 0.6 is 11.3 Å². The van der Waals surface area contributed by atoms with Crippen molar-refractivity contribution < 1.29 is 5.11 Å². The van der Waals surface area contributed by atoms with E-state index in [0.717, 1.165) is 23.8 Å². The highest BCUT2D eigenvalue weighted by Gasteiger charge is 2.20. The molecule has 0 aliphatic rings. The Morgan fingerprint density at radius 2 is 1.81 bits per heavy atom. The molecule has 1 N–H and O–H groups in total. The van der Waals surface area contributed by atoms with Gasteiger partial charge in [-0.25, -0.2) is 4.98 Å². The number of aliphatic hydroxyl groups is 1. The van der Waals surface area contributed by atoms with Gasteiger partial charge in [0.2, 0.25) is 0 Å². The first-order chi connectivity index (χ1) is 9.83. The molecule has 0 unspecified atom stereocenters. The van der Waals surface area contributed by atoms with E-state index in [1.54, 1.807) is 11.3 Å². The summed E-state index contributed by atoms with van der Waals surface area (Å²) in [5, 5.41) is 11.3. The van der Waals surface area contributed by atoms with E-state index in [1.165, 1.54) is 10.4 Å². The van der Waals surface area contributed by atoms with E-state index in [1.807, 2.05) is 26.8 Å². The smallest absolute Gasteiger partial charge is 0.0900 e. The Hall–Kier alpha value is -1.23. The lowest BCUT2D eigenvalue weighted by Crippen LogP contribution is -2.37. The van der Waals surface area contributed by atoms with E-state index in [-0.39, 0.29) is 0 Å². The number of thiazole rings is 1. The zero-order valence-electron chi connectivity index (χ0n) is 13.3. The van der Waals surface area contributed by atoms with Crippen molar-refractivity contribution in [2.45, 2.75) is 46.4 Å². The third-order valence-corrected chi connectivity index (χ3v) is 4.28. The minimum absolute atomic E-state index is 0.637. The Morgan fingerprint density at radius 3 is 2.33 bits per heavy atom. The maximum Gasteiger partial charge on any atom is 0.0900 e. The molecule has 0 bridgehead atoms. The van der Waals surface area contributed by atoms with Crippen molar-refractivity contribution in [3.8, 4) is 0 Å². The van der Waals surface area contributed by atoms with Crippen molar-refractivity contribution in [3.63, 3.8) is 0 Å². The van der Waals surface area contributed by atoms with E-state index >= 15 is 0 Å². The molecule has 3 nitrogen and oxygen atoms in total. The van der Waals surface area contributed by atoms with E-state index < -0.39 is 5.60 Å². The van der Waals surface area contributed by atoms with Crippen LogP contribution in [0.5, 0.6) is 0 Å². The van der Waals surface area contributed by atoms with Crippen LogP contribution in [0.15, 0.2) is 30.3 Å². The summed E-state index contributed by atoms with van der Waals surface area (Å²) in [6, 6.07) is 10.4. The molecule has 1 aromatic carbocycles. The van der Waals surface area contributed by atoms with Gasteiger partial charge < -0.3 is 5.11 Å². The first-order valence-electron chi connectivity index (χ1n) is 7.25. The molecule has 0 spiro atoms. The molecule has 0 amide bonds. The molecule has 2 aromatic rings. The predicted octanol–water partition coefficient (Wildman–Crippen LogP) is 3.53. The first-order valence-corrected chi connectivity index (χ1v) is 8.07. The van der Waals surface area contributed by atoms with Gasteiger partial charge in [-0.3, -0.25) is 4.90 Å². The van der Waals surface area contributed by atoms with E-state index in [4.69, 9.17) is 0 Å². The monoisotopic (exact) mass is 304 g/mol. The fourth-order valence-electron chi connectivity index (χ4n) is 2.48. The quantitative estimate of drug-likeness (QED) is 0.887. The Bertz CT molecular complexity index is 572. The average Bonchev–Trinajstić information content (AvgIpc) is 2.67. The van der Waals surface area contributed by atoms with Crippen LogP contribution < -0.4 is 0 Å². The van der Waals surface area contributed by atoms with Crippen LogP contribution in [-0.4, -0.2) is 27.1 Å². The minimum atomic E-state index is -0.706. The van der Waals surface area contributed by atoms with Gasteiger partial charge in [0.15, 0.2) is 0 Å². The highest BCUT2D eigenvalue weighted by atomic mass is 32.1. The molecule has 0 saturated heterocycles. The van der Waals surface area contributed by atoms with Crippen LogP contribution in [0.4, 0.5) is 0 Å². The largest absolute Gasteiger partial charge is 0.389 e. The number of aryl methyl sites for hydroxylation is 2. The molecule has 2 rings (SSSR count).